The van der Waals surface area contributed by atoms with E-state index in [0.717, 1.165) is 36.7 Å². The van der Waals surface area contributed by atoms with E-state index in [1.165, 1.54) is 25.6 Å². The summed E-state index contributed by atoms with van der Waals surface area (Å²) in [5.74, 6) is 2.30. The van der Waals surface area contributed by atoms with Crippen molar-refractivity contribution in [3.05, 3.63) is 58.6 Å². The number of thiazole rings is 1. The lowest BCUT2D eigenvalue weighted by molar-refractivity contribution is -0.132. The van der Waals surface area contributed by atoms with Gasteiger partial charge in [0.25, 0.3) is 5.91 Å². The van der Waals surface area contributed by atoms with Crippen molar-refractivity contribution in [1.82, 2.24) is 14.8 Å². The number of fused-ring (bicyclic) bond motifs is 1. The number of rotatable bonds is 8. The Morgan fingerprint density at radius 1 is 1.00 bits per heavy atom. The van der Waals surface area contributed by atoms with E-state index in [9.17, 15) is 9.59 Å². The highest BCUT2D eigenvalue weighted by Gasteiger charge is 2.23. The topological polar surface area (TPSA) is 102 Å². The molecule has 37 heavy (non-hydrogen) atoms. The van der Waals surface area contributed by atoms with Gasteiger partial charge in [-0.05, 0) is 35.9 Å². The smallest absolute Gasteiger partial charge is 0.257 e. The van der Waals surface area contributed by atoms with Gasteiger partial charge >= 0.3 is 0 Å². The third kappa shape index (κ3) is 5.78. The van der Waals surface area contributed by atoms with E-state index in [4.69, 9.17) is 18.9 Å². The van der Waals surface area contributed by atoms with Gasteiger partial charge in [0.2, 0.25) is 12.7 Å². The van der Waals surface area contributed by atoms with Crippen molar-refractivity contribution in [2.75, 3.05) is 52.5 Å². The standard InChI is InChI=1S/C26H28N4O6S/c1-33-20-6-4-18(12-22(20)34-2)25(32)28-26-27-19(15-37-26)13-24(31)30-9-7-29(8-10-30)14-17-3-5-21-23(11-17)36-16-35-21/h3-6,11-12,15H,7-10,13-14,16H2,1-2H3,(H,27,28,32). The first kappa shape index (κ1) is 24.8. The van der Waals surface area contributed by atoms with Crippen LogP contribution in [-0.2, 0) is 17.8 Å². The number of hydrogen-bond acceptors (Lipinski definition) is 9. The van der Waals surface area contributed by atoms with Crippen molar-refractivity contribution in [1.29, 1.82) is 0 Å². The van der Waals surface area contributed by atoms with Gasteiger partial charge in [0.1, 0.15) is 0 Å². The number of amides is 2. The summed E-state index contributed by atoms with van der Waals surface area (Å²) in [5.41, 5.74) is 2.22. The zero-order valence-corrected chi connectivity index (χ0v) is 21.5. The van der Waals surface area contributed by atoms with Crippen LogP contribution in [-0.4, -0.2) is 73.8 Å². The summed E-state index contributed by atoms with van der Waals surface area (Å²) in [4.78, 5) is 34.2. The van der Waals surface area contributed by atoms with Crippen molar-refractivity contribution in [3.8, 4) is 23.0 Å². The SMILES string of the molecule is COc1ccc(C(=O)Nc2nc(CC(=O)N3CCN(Cc4ccc5c(c4)OCO5)CC3)cs2)cc1OC. The Hall–Kier alpha value is -3.83. The molecule has 0 bridgehead atoms. The first-order valence-corrected chi connectivity index (χ1v) is 12.8. The van der Waals surface area contributed by atoms with Crippen LogP contribution in [0, 0.1) is 0 Å². The van der Waals surface area contributed by atoms with E-state index in [1.807, 2.05) is 17.0 Å². The molecule has 3 heterocycles. The Bertz CT molecular complexity index is 1290. The minimum absolute atomic E-state index is 0.0331. The van der Waals surface area contributed by atoms with Crippen LogP contribution in [0.1, 0.15) is 21.6 Å². The highest BCUT2D eigenvalue weighted by molar-refractivity contribution is 7.14. The second-order valence-electron chi connectivity index (χ2n) is 8.69. The minimum atomic E-state index is -0.313. The lowest BCUT2D eigenvalue weighted by atomic mass is 10.1. The zero-order chi connectivity index (χ0) is 25.8. The normalized spacial score (nSPS) is 14.9. The number of carbonyl (C=O) groups is 2. The van der Waals surface area contributed by atoms with Crippen molar-refractivity contribution in [2.24, 2.45) is 0 Å². The summed E-state index contributed by atoms with van der Waals surface area (Å²) < 4.78 is 21.3. The van der Waals surface area contributed by atoms with Gasteiger partial charge < -0.3 is 23.8 Å². The number of benzene rings is 2. The minimum Gasteiger partial charge on any atom is -0.493 e. The number of methoxy groups -OCH3 is 2. The molecule has 0 spiro atoms. The van der Waals surface area contributed by atoms with Crippen molar-refractivity contribution < 1.29 is 28.5 Å². The van der Waals surface area contributed by atoms with Crippen LogP contribution in [0.2, 0.25) is 0 Å². The molecule has 0 unspecified atom stereocenters. The summed E-state index contributed by atoms with van der Waals surface area (Å²) >= 11 is 1.29. The van der Waals surface area contributed by atoms with E-state index >= 15 is 0 Å². The summed E-state index contributed by atoms with van der Waals surface area (Å²) in [6.45, 7) is 3.98. The third-order valence-electron chi connectivity index (χ3n) is 6.32. The quantitative estimate of drug-likeness (QED) is 0.480. The van der Waals surface area contributed by atoms with Crippen molar-refractivity contribution in [2.45, 2.75) is 13.0 Å². The molecular weight excluding hydrogens is 496 g/mol. The Kier molecular flexibility index (Phi) is 7.42. The van der Waals surface area contributed by atoms with Gasteiger partial charge in [-0.3, -0.25) is 19.8 Å². The molecule has 5 rings (SSSR count). The van der Waals surface area contributed by atoms with Gasteiger partial charge in [0.05, 0.1) is 26.3 Å². The molecule has 0 atom stereocenters. The van der Waals surface area contributed by atoms with Crippen LogP contribution in [0.3, 0.4) is 0 Å². The predicted molar refractivity (Wildman–Crippen MR) is 138 cm³/mol. The average molecular weight is 525 g/mol. The average Bonchev–Trinajstić information content (AvgIpc) is 3.57. The van der Waals surface area contributed by atoms with Crippen molar-refractivity contribution >= 4 is 28.3 Å². The van der Waals surface area contributed by atoms with Gasteiger partial charge in [-0.1, -0.05) is 6.07 Å². The number of ether oxygens (including phenoxy) is 4. The van der Waals surface area contributed by atoms with Gasteiger partial charge in [-0.15, -0.1) is 11.3 Å². The second kappa shape index (κ2) is 11.1. The lowest BCUT2D eigenvalue weighted by Gasteiger charge is -2.34. The maximum Gasteiger partial charge on any atom is 0.257 e. The Labute approximate surface area is 218 Å². The molecular formula is C26H28N4O6S. The monoisotopic (exact) mass is 524 g/mol. The van der Waals surface area contributed by atoms with E-state index in [-0.39, 0.29) is 25.0 Å². The van der Waals surface area contributed by atoms with Gasteiger partial charge in [0, 0.05) is 43.7 Å². The molecule has 2 amide bonds. The number of carbonyl (C=O) groups excluding carboxylic acids is 2. The highest BCUT2D eigenvalue weighted by atomic mass is 32.1. The second-order valence-corrected chi connectivity index (χ2v) is 9.55. The molecule has 2 aliphatic rings. The molecule has 1 saturated heterocycles. The molecule has 1 aromatic heterocycles. The predicted octanol–water partition coefficient (Wildman–Crippen LogP) is 3.03. The number of nitrogens with one attached hydrogen (secondary N) is 1. The molecule has 0 aliphatic carbocycles. The number of nitrogens with zero attached hydrogens (tertiary/aromatic N) is 3. The third-order valence-corrected chi connectivity index (χ3v) is 7.12. The Morgan fingerprint density at radius 2 is 1.78 bits per heavy atom. The van der Waals surface area contributed by atoms with Gasteiger partial charge in [0.15, 0.2) is 28.1 Å². The zero-order valence-electron chi connectivity index (χ0n) is 20.7. The highest BCUT2D eigenvalue weighted by Crippen LogP contribution is 2.33. The summed E-state index contributed by atoms with van der Waals surface area (Å²) in [6, 6.07) is 10.9. The maximum atomic E-state index is 12.9. The van der Waals surface area contributed by atoms with Crippen LogP contribution < -0.4 is 24.3 Å². The molecule has 0 radical (unpaired) electrons. The first-order valence-electron chi connectivity index (χ1n) is 11.9. The number of piperazine rings is 1. The molecule has 10 nitrogen and oxygen atoms in total. The summed E-state index contributed by atoms with van der Waals surface area (Å²) in [7, 11) is 3.06. The number of aromatic nitrogens is 1. The molecule has 0 saturated carbocycles. The first-order chi connectivity index (χ1) is 18.0. The number of anilines is 1. The van der Waals surface area contributed by atoms with Crippen LogP contribution in [0.25, 0.3) is 0 Å². The largest absolute Gasteiger partial charge is 0.493 e. The van der Waals surface area contributed by atoms with E-state index in [2.05, 4.69) is 21.3 Å². The Balaban J connectivity index is 1.10. The fourth-order valence-electron chi connectivity index (χ4n) is 4.31. The van der Waals surface area contributed by atoms with Gasteiger partial charge in [-0.2, -0.15) is 0 Å². The molecule has 2 aromatic carbocycles. The molecule has 1 fully saturated rings. The number of hydrogen-bond donors (Lipinski definition) is 1. The van der Waals surface area contributed by atoms with Crippen LogP contribution >= 0.6 is 11.3 Å². The molecule has 3 aromatic rings. The molecule has 1 N–H and O–H groups in total. The van der Waals surface area contributed by atoms with Gasteiger partial charge in [-0.25, -0.2) is 4.98 Å². The van der Waals surface area contributed by atoms with E-state index < -0.39 is 0 Å². The van der Waals surface area contributed by atoms with Crippen molar-refractivity contribution in [3.63, 3.8) is 0 Å². The molecule has 194 valence electrons. The maximum absolute atomic E-state index is 12.9. The summed E-state index contributed by atoms with van der Waals surface area (Å²) in [6.07, 6.45) is 0.199. The van der Waals surface area contributed by atoms with Crippen LogP contribution in [0.5, 0.6) is 23.0 Å². The fraction of sp³-hybridized carbons (Fsp3) is 0.346. The fourth-order valence-corrected chi connectivity index (χ4v) is 5.02. The Morgan fingerprint density at radius 3 is 2.57 bits per heavy atom. The summed E-state index contributed by atoms with van der Waals surface area (Å²) in [5, 5.41) is 5.03. The molecule has 2 aliphatic heterocycles. The van der Waals surface area contributed by atoms with E-state index in [0.29, 0.717) is 41.0 Å². The van der Waals surface area contributed by atoms with Crippen LogP contribution in [0.4, 0.5) is 5.13 Å². The molecule has 11 heteroatoms. The van der Waals surface area contributed by atoms with E-state index in [1.54, 1.807) is 23.6 Å². The lowest BCUT2D eigenvalue weighted by Crippen LogP contribution is -2.48. The van der Waals surface area contributed by atoms with Crippen LogP contribution in [0.15, 0.2) is 41.8 Å².